The van der Waals surface area contributed by atoms with Crippen LogP contribution in [0.15, 0.2) is 68.0 Å². The van der Waals surface area contributed by atoms with E-state index >= 15 is 0 Å². The number of aromatic nitrogens is 7. The number of carbonyl (C=O) groups is 12. The predicted octanol–water partition coefficient (Wildman–Crippen LogP) is -5.63. The summed E-state index contributed by atoms with van der Waals surface area (Å²) in [5.74, 6) is -9.66. The number of amides is 12. The highest BCUT2D eigenvalue weighted by Crippen LogP contribution is 2.22. The zero-order valence-electron chi connectivity index (χ0n) is 45.9. The van der Waals surface area contributed by atoms with Crippen LogP contribution in [0, 0.1) is 0 Å². The van der Waals surface area contributed by atoms with E-state index in [1.807, 2.05) is 0 Å². The van der Waals surface area contributed by atoms with Gasteiger partial charge in [0.15, 0.2) is 0 Å². The van der Waals surface area contributed by atoms with E-state index in [2.05, 4.69) is 82.7 Å². The van der Waals surface area contributed by atoms with Crippen LogP contribution >= 0.6 is 0 Å². The van der Waals surface area contributed by atoms with E-state index in [1.54, 1.807) is 30.5 Å². The number of unbranched alkanes of at least 4 members (excludes halogenated alkanes) is 1. The first kappa shape index (κ1) is 63.2. The molecule has 5 heterocycles. The molecule has 0 bridgehead atoms. The highest BCUT2D eigenvalue weighted by Gasteiger charge is 2.40. The van der Waals surface area contributed by atoms with Gasteiger partial charge in [0.2, 0.25) is 70.9 Å². The number of imidazole rings is 3. The molecular formula is C52H70N20O12. The number of primary amides is 2. The van der Waals surface area contributed by atoms with Crippen molar-refractivity contribution in [2.45, 2.75) is 113 Å². The number of aromatic amines is 4. The molecule has 0 spiro atoms. The van der Waals surface area contributed by atoms with Crippen LogP contribution in [0.5, 0.6) is 0 Å². The highest BCUT2D eigenvalue weighted by molar-refractivity contribution is 5.99. The van der Waals surface area contributed by atoms with Gasteiger partial charge < -0.3 is 89.9 Å². The molecule has 0 saturated carbocycles. The van der Waals surface area contributed by atoms with Crippen LogP contribution in [-0.4, -0.2) is 186 Å². The van der Waals surface area contributed by atoms with Crippen LogP contribution in [0.1, 0.15) is 68.1 Å². The van der Waals surface area contributed by atoms with Gasteiger partial charge in [0, 0.05) is 91.9 Å². The first-order chi connectivity index (χ1) is 40.3. The Kier molecular flexibility index (Phi) is 23.5. The lowest BCUT2D eigenvalue weighted by molar-refractivity contribution is -0.142. The minimum atomic E-state index is -1.59. The van der Waals surface area contributed by atoms with E-state index < -0.39 is 139 Å². The molecule has 1 aliphatic heterocycles. The fourth-order valence-electron chi connectivity index (χ4n) is 9.24. The standard InChI is InChI=1S/C52H70N20O12/c1-28(73)59-23-44(76)67-39(17-42(54)74)50(82)69-36(13-29-18-60-34-8-3-2-7-33(29)34)48(80)71-40(16-32-21-58-27-65-32)52(84)72-12-6-10-41(72)51(83)62-24-45(77)66-38(15-31-20-57-26-64-31)49(81)68-35(9-4-5-11-53)47(79)70-37(14-30-19-56-25-63-30)46(78)61-22-43(55)75/h2-3,7-8,18-21,25-27,35-41,60H,4-6,9-17,22-24,53H2,1H3,(H2,54,74)(H2,55,75)(H,56,63)(H,57,64)(H,58,65)(H,59,73)(H,61,78)(H,62,83)(H,66,77)(H,67,76)(H,68,81)(H,69,82)(H,70,79)(H,71,80)/t35-,36-,37-,38-,39-,40-,41-/m0/s1. The maximum atomic E-state index is 14.7. The number of carbonyl (C=O) groups excluding carboxylic acids is 12. The first-order valence-corrected chi connectivity index (χ1v) is 26.9. The van der Waals surface area contributed by atoms with Crippen molar-refractivity contribution in [1.29, 1.82) is 0 Å². The summed E-state index contributed by atoms with van der Waals surface area (Å²) in [4.78, 5) is 185. The Labute approximate surface area is 479 Å². The Balaban J connectivity index is 1.16. The van der Waals surface area contributed by atoms with Crippen molar-refractivity contribution in [3.05, 3.63) is 90.7 Å². The fraction of sp³-hybridized carbons (Fsp3) is 0.442. The molecule has 19 N–H and O–H groups in total. The number of likely N-dealkylation sites (tertiary alicyclic amines) is 1. The average molecular weight is 1170 g/mol. The van der Waals surface area contributed by atoms with Crippen LogP contribution < -0.4 is 65.1 Å². The number of nitrogens with one attached hydrogen (secondary N) is 13. The molecule has 0 unspecified atom stereocenters. The smallest absolute Gasteiger partial charge is 0.246 e. The molecule has 1 saturated heterocycles. The lowest BCUT2D eigenvalue weighted by Crippen LogP contribution is -2.60. The van der Waals surface area contributed by atoms with Crippen molar-refractivity contribution in [1.82, 2.24) is 87.6 Å². The van der Waals surface area contributed by atoms with Gasteiger partial charge in [-0.05, 0) is 50.3 Å². The third kappa shape index (κ3) is 19.3. The van der Waals surface area contributed by atoms with Gasteiger partial charge in [-0.1, -0.05) is 18.2 Å². The summed E-state index contributed by atoms with van der Waals surface area (Å²) in [6.45, 7) is -0.237. The summed E-state index contributed by atoms with van der Waals surface area (Å²) in [5, 5.41) is 23.5. The minimum Gasteiger partial charge on any atom is -0.370 e. The molecule has 0 radical (unpaired) electrons. The van der Waals surface area contributed by atoms with Crippen LogP contribution in [0.25, 0.3) is 10.9 Å². The molecule has 450 valence electrons. The van der Waals surface area contributed by atoms with Crippen LogP contribution in [0.3, 0.4) is 0 Å². The van der Waals surface area contributed by atoms with Gasteiger partial charge in [0.25, 0.3) is 0 Å². The molecule has 1 aromatic carbocycles. The van der Waals surface area contributed by atoms with Gasteiger partial charge >= 0.3 is 0 Å². The molecule has 1 aliphatic rings. The molecule has 32 nitrogen and oxygen atoms in total. The second-order valence-electron chi connectivity index (χ2n) is 19.8. The number of hydrogen-bond donors (Lipinski definition) is 16. The molecule has 7 atom stereocenters. The zero-order chi connectivity index (χ0) is 60.7. The van der Waals surface area contributed by atoms with Crippen LogP contribution in [-0.2, 0) is 83.2 Å². The number of benzene rings is 1. The summed E-state index contributed by atoms with van der Waals surface area (Å²) in [6.07, 6.45) is 10.1. The van der Waals surface area contributed by atoms with Crippen molar-refractivity contribution < 1.29 is 57.5 Å². The van der Waals surface area contributed by atoms with E-state index in [9.17, 15) is 57.5 Å². The molecule has 0 aliphatic carbocycles. The van der Waals surface area contributed by atoms with Gasteiger partial charge in [-0.25, -0.2) is 15.0 Å². The second-order valence-corrected chi connectivity index (χ2v) is 19.8. The van der Waals surface area contributed by atoms with E-state index in [0.29, 0.717) is 52.8 Å². The van der Waals surface area contributed by atoms with Crippen LogP contribution in [0.2, 0.25) is 0 Å². The number of rotatable bonds is 33. The Morgan fingerprint density at radius 1 is 0.583 bits per heavy atom. The minimum absolute atomic E-state index is 0.0510. The summed E-state index contributed by atoms with van der Waals surface area (Å²) in [7, 11) is 0. The lowest BCUT2D eigenvalue weighted by atomic mass is 10.0. The Bertz CT molecular complexity index is 3090. The largest absolute Gasteiger partial charge is 0.370 e. The Morgan fingerprint density at radius 3 is 1.68 bits per heavy atom. The number of nitrogens with zero attached hydrogens (tertiary/aromatic N) is 4. The van der Waals surface area contributed by atoms with E-state index in [1.165, 1.54) is 49.4 Å². The maximum Gasteiger partial charge on any atom is 0.246 e. The van der Waals surface area contributed by atoms with Crippen molar-refractivity contribution >= 4 is 81.8 Å². The highest BCUT2D eigenvalue weighted by atomic mass is 16.2. The van der Waals surface area contributed by atoms with Crippen molar-refractivity contribution in [2.75, 3.05) is 32.7 Å². The quantitative estimate of drug-likeness (QED) is 0.0174. The summed E-state index contributed by atoms with van der Waals surface area (Å²) in [5.41, 5.74) is 19.0. The third-order valence-corrected chi connectivity index (χ3v) is 13.4. The predicted molar refractivity (Wildman–Crippen MR) is 296 cm³/mol. The Morgan fingerprint density at radius 2 is 1.11 bits per heavy atom. The molecule has 32 heteroatoms. The average Bonchev–Trinajstić information content (AvgIpc) is 4.50. The molecule has 6 rings (SSSR count). The van der Waals surface area contributed by atoms with E-state index in [-0.39, 0.29) is 51.6 Å². The number of para-hydroxylation sites is 1. The number of fused-ring (bicyclic) bond motifs is 1. The SMILES string of the molecule is CC(=O)NCC(=O)N[C@@H](CC(N)=O)C(=O)N[C@@H](Cc1c[nH]c2ccccc12)C(=O)N[C@@H](Cc1cnc[nH]1)C(=O)N1CCC[C@H]1C(=O)NCC(=O)N[C@@H](Cc1cnc[nH]1)C(=O)N[C@@H](CCCCN)C(=O)N[C@@H](Cc1cnc[nH]1)C(=O)NCC(N)=O. The molecule has 84 heavy (non-hydrogen) atoms. The number of hydrogen-bond acceptors (Lipinski definition) is 16. The lowest BCUT2D eigenvalue weighted by Gasteiger charge is -2.30. The van der Waals surface area contributed by atoms with Gasteiger partial charge in [0.1, 0.15) is 42.3 Å². The van der Waals surface area contributed by atoms with Crippen molar-refractivity contribution in [3.63, 3.8) is 0 Å². The molecule has 1 fully saturated rings. The molecule has 4 aromatic heterocycles. The van der Waals surface area contributed by atoms with Gasteiger partial charge in [0.05, 0.1) is 45.0 Å². The third-order valence-electron chi connectivity index (χ3n) is 13.4. The van der Waals surface area contributed by atoms with E-state index in [0.717, 1.165) is 0 Å². The monoisotopic (exact) mass is 1170 g/mol. The molecule has 5 aromatic rings. The fourth-order valence-corrected chi connectivity index (χ4v) is 9.24. The number of H-pyrrole nitrogens is 4. The summed E-state index contributed by atoms with van der Waals surface area (Å²) < 4.78 is 0. The van der Waals surface area contributed by atoms with Crippen LogP contribution in [0.4, 0.5) is 0 Å². The molecular weight excluding hydrogens is 1100 g/mol. The summed E-state index contributed by atoms with van der Waals surface area (Å²) >= 11 is 0. The summed E-state index contributed by atoms with van der Waals surface area (Å²) in [6, 6.07) is -2.36. The molecule has 12 amide bonds. The normalized spacial score (nSPS) is 15.0. The van der Waals surface area contributed by atoms with Crippen molar-refractivity contribution in [3.8, 4) is 0 Å². The second kappa shape index (κ2) is 31.3. The number of nitrogens with two attached hydrogens (primary N) is 3. The topological polar surface area (TPSA) is 496 Å². The van der Waals surface area contributed by atoms with E-state index in [4.69, 9.17) is 17.2 Å². The van der Waals surface area contributed by atoms with Gasteiger partial charge in [-0.2, -0.15) is 0 Å². The van der Waals surface area contributed by atoms with Gasteiger partial charge in [-0.3, -0.25) is 57.5 Å². The first-order valence-electron chi connectivity index (χ1n) is 26.9. The Hall–Kier alpha value is -10.0. The maximum absolute atomic E-state index is 14.7. The van der Waals surface area contributed by atoms with Gasteiger partial charge in [-0.15, -0.1) is 0 Å². The van der Waals surface area contributed by atoms with Crippen molar-refractivity contribution in [2.24, 2.45) is 17.2 Å². The zero-order valence-corrected chi connectivity index (χ0v) is 45.9.